The fourth-order valence-corrected chi connectivity index (χ4v) is 3.43. The van der Waals surface area contributed by atoms with E-state index in [4.69, 9.17) is 4.74 Å². The maximum atomic E-state index is 12.7. The number of thioether (sulfide) groups is 1. The van der Waals surface area contributed by atoms with Gasteiger partial charge in [0.05, 0.1) is 24.0 Å². The maximum absolute atomic E-state index is 12.7. The van der Waals surface area contributed by atoms with Crippen LogP contribution in [0.25, 0.3) is 11.4 Å². The molecule has 0 saturated heterocycles. The number of allylic oxidation sites excluding steroid dienone is 1. The van der Waals surface area contributed by atoms with Gasteiger partial charge in [0, 0.05) is 6.54 Å². The SMILES string of the molecule is C=CCn1c(S[C@H](C)C(=O)N[C@@](C)(C#N)C(C)C)nnc1-c1ccccc1OC. The van der Waals surface area contributed by atoms with Gasteiger partial charge in [0.15, 0.2) is 11.0 Å². The second-order valence-corrected chi connectivity index (χ2v) is 8.43. The van der Waals surface area contributed by atoms with Crippen LogP contribution < -0.4 is 10.1 Å². The first-order valence-electron chi connectivity index (χ1n) is 9.34. The van der Waals surface area contributed by atoms with E-state index in [2.05, 4.69) is 28.2 Å². The molecule has 2 aromatic rings. The predicted molar refractivity (Wildman–Crippen MR) is 115 cm³/mol. The van der Waals surface area contributed by atoms with Gasteiger partial charge in [0.2, 0.25) is 5.91 Å². The smallest absolute Gasteiger partial charge is 0.234 e. The van der Waals surface area contributed by atoms with Crippen LogP contribution in [0.4, 0.5) is 0 Å². The Morgan fingerprint density at radius 3 is 2.69 bits per heavy atom. The molecule has 8 heteroatoms. The van der Waals surface area contributed by atoms with Crippen molar-refractivity contribution < 1.29 is 9.53 Å². The molecule has 29 heavy (non-hydrogen) atoms. The topological polar surface area (TPSA) is 92.8 Å². The lowest BCUT2D eigenvalue weighted by Crippen LogP contribution is -2.51. The van der Waals surface area contributed by atoms with Gasteiger partial charge < -0.3 is 10.1 Å². The summed E-state index contributed by atoms with van der Waals surface area (Å²) < 4.78 is 7.34. The van der Waals surface area contributed by atoms with Crippen LogP contribution in [0.5, 0.6) is 5.75 Å². The van der Waals surface area contributed by atoms with E-state index in [1.807, 2.05) is 42.7 Å². The van der Waals surface area contributed by atoms with Gasteiger partial charge in [0.25, 0.3) is 0 Å². The Morgan fingerprint density at radius 1 is 1.41 bits per heavy atom. The van der Waals surface area contributed by atoms with E-state index < -0.39 is 10.8 Å². The number of amides is 1. The third kappa shape index (κ3) is 4.98. The Hall–Kier alpha value is -2.79. The van der Waals surface area contributed by atoms with Crippen LogP contribution >= 0.6 is 11.8 Å². The van der Waals surface area contributed by atoms with E-state index in [1.165, 1.54) is 11.8 Å². The molecule has 0 aliphatic heterocycles. The van der Waals surface area contributed by atoms with Crippen LogP contribution in [-0.2, 0) is 11.3 Å². The highest BCUT2D eigenvalue weighted by molar-refractivity contribution is 8.00. The molecule has 7 nitrogen and oxygen atoms in total. The highest BCUT2D eigenvalue weighted by Gasteiger charge is 2.32. The maximum Gasteiger partial charge on any atom is 0.234 e. The number of benzene rings is 1. The first-order valence-corrected chi connectivity index (χ1v) is 10.2. The predicted octanol–water partition coefficient (Wildman–Crippen LogP) is 3.67. The third-order valence-corrected chi connectivity index (χ3v) is 5.88. The minimum Gasteiger partial charge on any atom is -0.496 e. The standard InChI is InChI=1S/C21H27N5O2S/c1-7-12-26-18(16-10-8-9-11-17(16)28-6)24-25-20(26)29-15(4)19(27)23-21(5,13-22)14(2)3/h7-11,14-15H,1,12H2,2-6H3,(H,23,27)/t15-,21+/m1/s1. The summed E-state index contributed by atoms with van der Waals surface area (Å²) in [7, 11) is 1.61. The Morgan fingerprint density at radius 2 is 2.10 bits per heavy atom. The second-order valence-electron chi connectivity index (χ2n) is 7.12. The zero-order valence-electron chi connectivity index (χ0n) is 17.5. The molecule has 1 heterocycles. The van der Waals surface area contributed by atoms with E-state index >= 15 is 0 Å². The molecule has 0 saturated carbocycles. The number of aromatic nitrogens is 3. The Labute approximate surface area is 176 Å². The molecule has 0 aliphatic rings. The summed E-state index contributed by atoms with van der Waals surface area (Å²) in [6.07, 6.45) is 1.75. The van der Waals surface area contributed by atoms with Crippen molar-refractivity contribution in [2.45, 2.75) is 50.2 Å². The lowest BCUT2D eigenvalue weighted by Gasteiger charge is -2.28. The first-order chi connectivity index (χ1) is 13.8. The van der Waals surface area contributed by atoms with Gasteiger partial charge in [-0.3, -0.25) is 9.36 Å². The number of nitrogens with one attached hydrogen (secondary N) is 1. The highest BCUT2D eigenvalue weighted by Crippen LogP contribution is 2.32. The number of carbonyl (C=O) groups is 1. The molecule has 0 fully saturated rings. The van der Waals surface area contributed by atoms with Gasteiger partial charge in [-0.15, -0.1) is 16.8 Å². The number of carbonyl (C=O) groups excluding carboxylic acids is 1. The van der Waals surface area contributed by atoms with Gasteiger partial charge in [-0.25, -0.2) is 0 Å². The normalized spacial score (nSPS) is 14.0. The van der Waals surface area contributed by atoms with Gasteiger partial charge in [-0.2, -0.15) is 5.26 Å². The van der Waals surface area contributed by atoms with Gasteiger partial charge in [-0.1, -0.05) is 43.8 Å². The molecule has 2 atom stereocenters. The summed E-state index contributed by atoms with van der Waals surface area (Å²) in [4.78, 5) is 12.7. The van der Waals surface area contributed by atoms with Crippen molar-refractivity contribution in [2.75, 3.05) is 7.11 Å². The molecule has 2 rings (SSSR count). The number of methoxy groups -OCH3 is 1. The van der Waals surface area contributed by atoms with Crippen molar-refractivity contribution in [3.05, 3.63) is 36.9 Å². The van der Waals surface area contributed by atoms with Crippen molar-refractivity contribution in [2.24, 2.45) is 5.92 Å². The van der Waals surface area contributed by atoms with E-state index in [9.17, 15) is 10.1 Å². The Balaban J connectivity index is 2.29. The molecule has 1 aromatic heterocycles. The van der Waals surface area contributed by atoms with Crippen LogP contribution in [-0.4, -0.2) is 38.6 Å². The number of ether oxygens (including phenoxy) is 1. The lowest BCUT2D eigenvalue weighted by molar-refractivity contribution is -0.121. The molecule has 0 spiro atoms. The number of rotatable bonds is 9. The average molecular weight is 414 g/mol. The van der Waals surface area contributed by atoms with Crippen LogP contribution in [0.1, 0.15) is 27.7 Å². The van der Waals surface area contributed by atoms with Crippen LogP contribution in [0, 0.1) is 17.2 Å². The van der Waals surface area contributed by atoms with Crippen molar-refractivity contribution in [3.8, 4) is 23.2 Å². The average Bonchev–Trinajstić information content (AvgIpc) is 3.09. The number of nitrogens with zero attached hydrogens (tertiary/aromatic N) is 4. The van der Waals surface area contributed by atoms with E-state index in [0.717, 1.165) is 5.56 Å². The molecule has 1 N–H and O–H groups in total. The molecule has 0 radical (unpaired) electrons. The summed E-state index contributed by atoms with van der Waals surface area (Å²) in [5.74, 6) is 1.09. The summed E-state index contributed by atoms with van der Waals surface area (Å²) in [6, 6.07) is 9.76. The second kappa shape index (κ2) is 9.61. The van der Waals surface area contributed by atoms with Crippen molar-refractivity contribution in [1.82, 2.24) is 20.1 Å². The van der Waals surface area contributed by atoms with E-state index in [0.29, 0.717) is 23.3 Å². The minimum absolute atomic E-state index is 0.0183. The van der Waals surface area contributed by atoms with Crippen molar-refractivity contribution in [1.29, 1.82) is 5.26 Å². The van der Waals surface area contributed by atoms with Gasteiger partial charge in [0.1, 0.15) is 11.3 Å². The fourth-order valence-electron chi connectivity index (χ4n) is 2.57. The molecule has 0 aliphatic carbocycles. The molecular weight excluding hydrogens is 386 g/mol. The lowest BCUT2D eigenvalue weighted by atomic mass is 9.90. The zero-order chi connectivity index (χ0) is 21.6. The summed E-state index contributed by atoms with van der Waals surface area (Å²) in [5.41, 5.74) is -0.117. The molecule has 1 aromatic carbocycles. The summed E-state index contributed by atoms with van der Waals surface area (Å²) >= 11 is 1.29. The third-order valence-electron chi connectivity index (χ3n) is 4.80. The largest absolute Gasteiger partial charge is 0.496 e. The summed E-state index contributed by atoms with van der Waals surface area (Å²) in [6.45, 7) is 11.6. The first kappa shape index (κ1) is 22.5. The zero-order valence-corrected chi connectivity index (χ0v) is 18.3. The quantitative estimate of drug-likeness (QED) is 0.498. The van der Waals surface area contributed by atoms with Gasteiger partial charge >= 0.3 is 0 Å². The molecule has 0 unspecified atom stereocenters. The molecule has 1 amide bonds. The number of hydrogen-bond acceptors (Lipinski definition) is 6. The van der Waals surface area contributed by atoms with Crippen LogP contribution in [0.15, 0.2) is 42.1 Å². The molecule has 154 valence electrons. The van der Waals surface area contributed by atoms with Gasteiger partial charge in [-0.05, 0) is 31.9 Å². The van der Waals surface area contributed by atoms with Crippen molar-refractivity contribution >= 4 is 17.7 Å². The summed E-state index contributed by atoms with van der Waals surface area (Å²) in [5, 5.41) is 21.0. The number of nitriles is 1. The molecule has 0 bridgehead atoms. The Kier molecular flexibility index (Phi) is 7.46. The molecular formula is C21H27N5O2S. The van der Waals surface area contributed by atoms with Crippen LogP contribution in [0.2, 0.25) is 0 Å². The number of hydrogen-bond donors (Lipinski definition) is 1. The van der Waals surface area contributed by atoms with Crippen LogP contribution in [0.3, 0.4) is 0 Å². The van der Waals surface area contributed by atoms with E-state index in [-0.39, 0.29) is 11.8 Å². The Bertz CT molecular complexity index is 918. The highest BCUT2D eigenvalue weighted by atomic mass is 32.2. The van der Waals surface area contributed by atoms with Crippen molar-refractivity contribution in [3.63, 3.8) is 0 Å². The number of para-hydroxylation sites is 1. The monoisotopic (exact) mass is 413 g/mol. The van der Waals surface area contributed by atoms with E-state index in [1.54, 1.807) is 27.0 Å². The minimum atomic E-state index is -0.927. The fraction of sp³-hybridized carbons (Fsp3) is 0.429.